The molecule has 1 atom stereocenters. The zero-order valence-electron chi connectivity index (χ0n) is 9.41. The number of nitrogens with one attached hydrogen (secondary N) is 2. The highest BCUT2D eigenvalue weighted by molar-refractivity contribution is 7.10. The normalized spacial score (nSPS) is 21.1. The first kappa shape index (κ1) is 11.1. The van der Waals surface area contributed by atoms with E-state index in [1.54, 1.807) is 18.4 Å². The molecule has 0 bridgehead atoms. The molecule has 16 heavy (non-hydrogen) atoms. The van der Waals surface area contributed by atoms with Gasteiger partial charge in [-0.2, -0.15) is 0 Å². The van der Waals surface area contributed by atoms with Crippen LogP contribution in [0.2, 0.25) is 0 Å². The molecule has 2 heterocycles. The summed E-state index contributed by atoms with van der Waals surface area (Å²) in [5.41, 5.74) is 1.29. The summed E-state index contributed by atoms with van der Waals surface area (Å²) < 4.78 is 0. The molecule has 1 fully saturated rings. The van der Waals surface area contributed by atoms with Crippen molar-refractivity contribution in [1.29, 1.82) is 5.41 Å². The van der Waals surface area contributed by atoms with Crippen molar-refractivity contribution in [2.75, 3.05) is 7.05 Å². The summed E-state index contributed by atoms with van der Waals surface area (Å²) in [6.07, 6.45) is 1.44. The molecule has 1 aromatic heterocycles. The van der Waals surface area contributed by atoms with Gasteiger partial charge in [0.25, 0.3) is 0 Å². The predicted octanol–water partition coefficient (Wildman–Crippen LogP) is 1.74. The summed E-state index contributed by atoms with van der Waals surface area (Å²) in [7, 11) is 1.62. The molecule has 86 valence electrons. The maximum Gasteiger partial charge on any atom is 0.231 e. The molecule has 1 aliphatic heterocycles. The maximum atomic E-state index is 11.6. The highest BCUT2D eigenvalue weighted by Gasteiger charge is 2.28. The Labute approximate surface area is 98.8 Å². The first-order valence-electron chi connectivity index (χ1n) is 5.30. The van der Waals surface area contributed by atoms with Crippen LogP contribution in [0.15, 0.2) is 11.4 Å². The van der Waals surface area contributed by atoms with Crippen molar-refractivity contribution >= 4 is 23.2 Å². The Bertz CT molecular complexity index is 409. The Morgan fingerprint density at radius 2 is 2.44 bits per heavy atom. The fourth-order valence-corrected chi connectivity index (χ4v) is 2.73. The largest absolute Gasteiger partial charge is 0.348 e. The first-order valence-corrected chi connectivity index (χ1v) is 6.18. The Morgan fingerprint density at radius 3 is 3.00 bits per heavy atom. The number of hydrogen-bond acceptors (Lipinski definition) is 3. The van der Waals surface area contributed by atoms with E-state index in [1.165, 1.54) is 10.5 Å². The van der Waals surface area contributed by atoms with Gasteiger partial charge in [0.1, 0.15) is 0 Å². The average molecular weight is 237 g/mol. The van der Waals surface area contributed by atoms with Crippen LogP contribution in [0.5, 0.6) is 0 Å². The topological polar surface area (TPSA) is 56.2 Å². The molecule has 2 N–H and O–H groups in total. The number of thiophene rings is 1. The van der Waals surface area contributed by atoms with Crippen molar-refractivity contribution in [2.45, 2.75) is 25.8 Å². The number of aryl methyl sites for hydroxylation is 1. The van der Waals surface area contributed by atoms with Gasteiger partial charge in [0.15, 0.2) is 5.96 Å². The molecule has 0 aliphatic carbocycles. The Hall–Kier alpha value is -1.36. The molecule has 4 nitrogen and oxygen atoms in total. The minimum Gasteiger partial charge on any atom is -0.348 e. The molecule has 0 spiro atoms. The lowest BCUT2D eigenvalue weighted by Gasteiger charge is -2.30. The summed E-state index contributed by atoms with van der Waals surface area (Å²) in [6, 6.07) is 2.09. The van der Waals surface area contributed by atoms with E-state index in [2.05, 4.69) is 23.7 Å². The molecule has 5 heteroatoms. The van der Waals surface area contributed by atoms with Crippen LogP contribution in [-0.2, 0) is 11.2 Å². The lowest BCUT2D eigenvalue weighted by Crippen LogP contribution is -2.49. The zero-order chi connectivity index (χ0) is 11.7. The van der Waals surface area contributed by atoms with Gasteiger partial charge in [-0.1, -0.05) is 6.92 Å². The number of hydrogen-bond donors (Lipinski definition) is 2. The molecule has 1 unspecified atom stereocenters. The van der Waals surface area contributed by atoms with Crippen LogP contribution < -0.4 is 5.32 Å². The second kappa shape index (κ2) is 4.25. The molecular weight excluding hydrogens is 222 g/mol. The van der Waals surface area contributed by atoms with Crippen LogP contribution in [-0.4, -0.2) is 23.8 Å². The first-order chi connectivity index (χ1) is 7.61. The molecule has 0 saturated carbocycles. The summed E-state index contributed by atoms with van der Waals surface area (Å²) in [4.78, 5) is 14.1. The molecule has 1 saturated heterocycles. The van der Waals surface area contributed by atoms with Crippen LogP contribution in [0.25, 0.3) is 0 Å². The predicted molar refractivity (Wildman–Crippen MR) is 64.7 cm³/mol. The van der Waals surface area contributed by atoms with Gasteiger partial charge in [0, 0.05) is 11.9 Å². The molecule has 1 aromatic rings. The van der Waals surface area contributed by atoms with Crippen LogP contribution in [0, 0.1) is 5.41 Å². The highest BCUT2D eigenvalue weighted by atomic mass is 32.1. The van der Waals surface area contributed by atoms with Crippen LogP contribution >= 0.6 is 11.3 Å². The third kappa shape index (κ3) is 1.95. The molecular formula is C11H15N3OS. The molecule has 0 radical (unpaired) electrons. The minimum absolute atomic E-state index is 0.000184. The van der Waals surface area contributed by atoms with E-state index in [-0.39, 0.29) is 17.9 Å². The van der Waals surface area contributed by atoms with Crippen LogP contribution in [0.4, 0.5) is 0 Å². The number of nitrogens with zero attached hydrogens (tertiary/aromatic N) is 1. The van der Waals surface area contributed by atoms with E-state index in [0.717, 1.165) is 11.3 Å². The van der Waals surface area contributed by atoms with Gasteiger partial charge >= 0.3 is 0 Å². The van der Waals surface area contributed by atoms with Gasteiger partial charge < -0.3 is 5.32 Å². The standard InChI is InChI=1S/C11H15N3OS/c1-3-7-4-9(16-6-7)8-5-10(15)14(2)11(12)13-8/h4,6,8H,3,5H2,1-2H3,(H2,12,13). The number of rotatable bonds is 2. The molecule has 0 aromatic carbocycles. The maximum absolute atomic E-state index is 11.6. The second-order valence-electron chi connectivity index (χ2n) is 3.91. The van der Waals surface area contributed by atoms with Gasteiger partial charge in [0.2, 0.25) is 5.91 Å². The smallest absolute Gasteiger partial charge is 0.231 e. The quantitative estimate of drug-likeness (QED) is 0.823. The Kier molecular flexibility index (Phi) is 2.96. The fraction of sp³-hybridized carbons (Fsp3) is 0.455. The van der Waals surface area contributed by atoms with Crippen molar-refractivity contribution in [3.05, 3.63) is 21.9 Å². The lowest BCUT2D eigenvalue weighted by atomic mass is 10.1. The van der Waals surface area contributed by atoms with E-state index >= 15 is 0 Å². The molecule has 1 aliphatic rings. The summed E-state index contributed by atoms with van der Waals surface area (Å²) in [5, 5.41) is 12.8. The van der Waals surface area contributed by atoms with Crippen LogP contribution in [0.1, 0.15) is 29.8 Å². The minimum atomic E-state index is -0.0264. The average Bonchev–Trinajstić information content (AvgIpc) is 2.73. The Balaban J connectivity index is 2.16. The fourth-order valence-electron chi connectivity index (χ4n) is 1.68. The third-order valence-electron chi connectivity index (χ3n) is 2.82. The van der Waals surface area contributed by atoms with E-state index < -0.39 is 0 Å². The van der Waals surface area contributed by atoms with Crippen molar-refractivity contribution in [3.8, 4) is 0 Å². The van der Waals surface area contributed by atoms with Gasteiger partial charge in [-0.3, -0.25) is 15.1 Å². The SMILES string of the molecule is CCc1csc(C2CC(=O)N(C)C(=N)N2)c1. The molecule has 2 rings (SSSR count). The lowest BCUT2D eigenvalue weighted by molar-refractivity contribution is -0.128. The van der Waals surface area contributed by atoms with E-state index in [1.807, 2.05) is 0 Å². The van der Waals surface area contributed by atoms with Gasteiger partial charge in [0.05, 0.1) is 12.5 Å². The van der Waals surface area contributed by atoms with Gasteiger partial charge in [-0.15, -0.1) is 11.3 Å². The molecule has 1 amide bonds. The zero-order valence-corrected chi connectivity index (χ0v) is 10.2. The van der Waals surface area contributed by atoms with Crippen LogP contribution in [0.3, 0.4) is 0 Å². The summed E-state index contributed by atoms with van der Waals surface area (Å²) in [5.74, 6) is 0.188. The monoisotopic (exact) mass is 237 g/mol. The summed E-state index contributed by atoms with van der Waals surface area (Å²) in [6.45, 7) is 2.11. The van der Waals surface area contributed by atoms with Gasteiger partial charge in [-0.05, 0) is 23.4 Å². The number of guanidine groups is 1. The summed E-state index contributed by atoms with van der Waals surface area (Å²) >= 11 is 1.66. The van der Waals surface area contributed by atoms with Crippen molar-refractivity contribution in [1.82, 2.24) is 10.2 Å². The second-order valence-corrected chi connectivity index (χ2v) is 4.86. The highest BCUT2D eigenvalue weighted by Crippen LogP contribution is 2.27. The van der Waals surface area contributed by atoms with E-state index in [9.17, 15) is 4.79 Å². The van der Waals surface area contributed by atoms with Gasteiger partial charge in [-0.25, -0.2) is 0 Å². The van der Waals surface area contributed by atoms with Crippen molar-refractivity contribution in [2.24, 2.45) is 0 Å². The third-order valence-corrected chi connectivity index (χ3v) is 3.92. The van der Waals surface area contributed by atoms with Crippen molar-refractivity contribution < 1.29 is 4.79 Å². The number of carbonyl (C=O) groups is 1. The number of amides is 1. The van der Waals surface area contributed by atoms with E-state index in [0.29, 0.717) is 6.42 Å². The van der Waals surface area contributed by atoms with E-state index in [4.69, 9.17) is 5.41 Å². The Morgan fingerprint density at radius 1 is 1.69 bits per heavy atom. The number of carbonyl (C=O) groups excluding carboxylic acids is 1. The van der Waals surface area contributed by atoms with Crippen molar-refractivity contribution in [3.63, 3.8) is 0 Å².